The minimum absolute atomic E-state index is 0.146. The standard InChI is InChI=1S/C11H13N5S/c1-9(10-5-3-2-4-6-10)14-11(17)15-16-7-12-13-8-16/h2-9H,1H3,(H2,14,15,17). The van der Waals surface area contributed by atoms with Crippen molar-refractivity contribution in [2.45, 2.75) is 13.0 Å². The Morgan fingerprint density at radius 3 is 2.53 bits per heavy atom. The SMILES string of the molecule is CC(NC(=S)Nn1cnnc1)c1ccccc1. The van der Waals surface area contributed by atoms with Gasteiger partial charge in [0.25, 0.3) is 0 Å². The molecule has 1 heterocycles. The molecule has 0 spiro atoms. The fourth-order valence-corrected chi connectivity index (χ4v) is 1.71. The van der Waals surface area contributed by atoms with Gasteiger partial charge in [-0.15, -0.1) is 10.2 Å². The lowest BCUT2D eigenvalue weighted by molar-refractivity contribution is 0.715. The average molecular weight is 247 g/mol. The first kappa shape index (κ1) is 11.5. The summed E-state index contributed by atoms with van der Waals surface area (Å²) in [4.78, 5) is 0. The topological polar surface area (TPSA) is 54.8 Å². The molecule has 0 amide bonds. The van der Waals surface area contributed by atoms with Gasteiger partial charge in [0.2, 0.25) is 0 Å². The van der Waals surface area contributed by atoms with Crippen molar-refractivity contribution in [1.29, 1.82) is 0 Å². The Bertz CT molecular complexity index is 468. The second-order valence-electron chi connectivity index (χ2n) is 3.59. The summed E-state index contributed by atoms with van der Waals surface area (Å²) in [7, 11) is 0. The van der Waals surface area contributed by atoms with Crippen molar-refractivity contribution in [3.05, 3.63) is 48.5 Å². The quantitative estimate of drug-likeness (QED) is 0.804. The highest BCUT2D eigenvalue weighted by Crippen LogP contribution is 2.10. The normalized spacial score (nSPS) is 11.8. The molecule has 2 N–H and O–H groups in total. The smallest absolute Gasteiger partial charge is 0.186 e. The van der Waals surface area contributed by atoms with Crippen LogP contribution in [0.15, 0.2) is 43.0 Å². The largest absolute Gasteiger partial charge is 0.355 e. The predicted molar refractivity (Wildman–Crippen MR) is 70.0 cm³/mol. The number of aromatic nitrogens is 3. The van der Waals surface area contributed by atoms with Crippen LogP contribution < -0.4 is 10.7 Å². The fourth-order valence-electron chi connectivity index (χ4n) is 1.43. The van der Waals surface area contributed by atoms with E-state index in [-0.39, 0.29) is 6.04 Å². The third-order valence-electron chi connectivity index (χ3n) is 2.30. The average Bonchev–Trinajstić information content (AvgIpc) is 2.82. The zero-order valence-electron chi connectivity index (χ0n) is 9.37. The van der Waals surface area contributed by atoms with Crippen LogP contribution in [-0.2, 0) is 0 Å². The van der Waals surface area contributed by atoms with Gasteiger partial charge in [-0.3, -0.25) is 5.43 Å². The van der Waals surface area contributed by atoms with Crippen molar-refractivity contribution in [1.82, 2.24) is 20.2 Å². The molecule has 0 aliphatic rings. The number of benzene rings is 1. The van der Waals surface area contributed by atoms with E-state index in [1.807, 2.05) is 18.2 Å². The zero-order chi connectivity index (χ0) is 12.1. The second-order valence-corrected chi connectivity index (χ2v) is 4.00. The van der Waals surface area contributed by atoms with E-state index in [0.717, 1.165) is 0 Å². The van der Waals surface area contributed by atoms with Crippen LogP contribution in [0.2, 0.25) is 0 Å². The van der Waals surface area contributed by atoms with Crippen molar-refractivity contribution >= 4 is 17.3 Å². The third kappa shape index (κ3) is 3.25. The number of thiocarbonyl (C=S) groups is 1. The van der Waals surface area contributed by atoms with Gasteiger partial charge in [-0.2, -0.15) is 0 Å². The van der Waals surface area contributed by atoms with Gasteiger partial charge in [-0.05, 0) is 24.7 Å². The monoisotopic (exact) mass is 247 g/mol. The van der Waals surface area contributed by atoms with E-state index in [9.17, 15) is 0 Å². The van der Waals surface area contributed by atoms with Gasteiger partial charge >= 0.3 is 0 Å². The van der Waals surface area contributed by atoms with Crippen molar-refractivity contribution in [3.63, 3.8) is 0 Å². The van der Waals surface area contributed by atoms with E-state index in [1.54, 1.807) is 17.3 Å². The molecule has 2 aromatic rings. The first-order chi connectivity index (χ1) is 8.25. The van der Waals surface area contributed by atoms with Crippen LogP contribution in [0.4, 0.5) is 0 Å². The van der Waals surface area contributed by atoms with E-state index >= 15 is 0 Å². The van der Waals surface area contributed by atoms with Crippen LogP contribution in [-0.4, -0.2) is 20.0 Å². The Morgan fingerprint density at radius 2 is 1.88 bits per heavy atom. The summed E-state index contributed by atoms with van der Waals surface area (Å²) in [6.45, 7) is 2.05. The first-order valence-electron chi connectivity index (χ1n) is 5.23. The van der Waals surface area contributed by atoms with Crippen LogP contribution >= 0.6 is 12.2 Å². The minimum atomic E-state index is 0.146. The van der Waals surface area contributed by atoms with Crippen LogP contribution in [0, 0.1) is 0 Å². The molecular formula is C11H13N5S. The lowest BCUT2D eigenvalue weighted by atomic mass is 10.1. The third-order valence-corrected chi connectivity index (χ3v) is 2.51. The molecule has 1 unspecified atom stereocenters. The van der Waals surface area contributed by atoms with Crippen molar-refractivity contribution in [2.24, 2.45) is 0 Å². The van der Waals surface area contributed by atoms with E-state index < -0.39 is 0 Å². The lowest BCUT2D eigenvalue weighted by Gasteiger charge is -2.17. The molecule has 6 heteroatoms. The molecule has 0 saturated heterocycles. The molecule has 0 radical (unpaired) electrons. The summed E-state index contributed by atoms with van der Waals surface area (Å²) in [6, 6.07) is 10.3. The van der Waals surface area contributed by atoms with Crippen LogP contribution in [0.5, 0.6) is 0 Å². The maximum atomic E-state index is 5.18. The molecule has 0 saturated carbocycles. The molecule has 1 aromatic carbocycles. The molecule has 0 fully saturated rings. The molecule has 88 valence electrons. The van der Waals surface area contributed by atoms with Crippen molar-refractivity contribution in [2.75, 3.05) is 5.43 Å². The maximum absolute atomic E-state index is 5.18. The Kier molecular flexibility index (Phi) is 3.66. The second kappa shape index (κ2) is 5.40. The van der Waals surface area contributed by atoms with Gasteiger partial charge in [0.15, 0.2) is 5.11 Å². The molecule has 5 nitrogen and oxygen atoms in total. The van der Waals surface area contributed by atoms with E-state index in [1.165, 1.54) is 5.56 Å². The number of hydrogen-bond acceptors (Lipinski definition) is 3. The lowest BCUT2D eigenvalue weighted by Crippen LogP contribution is -2.35. The fraction of sp³-hybridized carbons (Fsp3) is 0.182. The molecule has 1 atom stereocenters. The summed E-state index contributed by atoms with van der Waals surface area (Å²) >= 11 is 5.18. The first-order valence-corrected chi connectivity index (χ1v) is 5.63. The van der Waals surface area contributed by atoms with E-state index in [0.29, 0.717) is 5.11 Å². The highest BCUT2D eigenvalue weighted by molar-refractivity contribution is 7.80. The van der Waals surface area contributed by atoms with Gasteiger partial charge in [-0.1, -0.05) is 30.3 Å². The maximum Gasteiger partial charge on any atom is 0.186 e. The van der Waals surface area contributed by atoms with Crippen LogP contribution in [0.1, 0.15) is 18.5 Å². The molecule has 0 aliphatic heterocycles. The number of nitrogens with one attached hydrogen (secondary N) is 2. The van der Waals surface area contributed by atoms with Crippen LogP contribution in [0.3, 0.4) is 0 Å². The van der Waals surface area contributed by atoms with Gasteiger partial charge in [0, 0.05) is 0 Å². The van der Waals surface area contributed by atoms with Crippen molar-refractivity contribution < 1.29 is 0 Å². The van der Waals surface area contributed by atoms with Crippen molar-refractivity contribution in [3.8, 4) is 0 Å². The van der Waals surface area contributed by atoms with Gasteiger partial charge in [-0.25, -0.2) is 4.68 Å². The predicted octanol–water partition coefficient (Wildman–Crippen LogP) is 1.46. The molecular weight excluding hydrogens is 234 g/mol. The molecule has 2 rings (SSSR count). The highest BCUT2D eigenvalue weighted by atomic mass is 32.1. The van der Waals surface area contributed by atoms with Crippen LogP contribution in [0.25, 0.3) is 0 Å². The minimum Gasteiger partial charge on any atom is -0.355 e. The summed E-state index contributed by atoms with van der Waals surface area (Å²) in [5, 5.41) is 11.1. The number of nitrogens with zero attached hydrogens (tertiary/aromatic N) is 3. The molecule has 1 aromatic heterocycles. The Hall–Kier alpha value is -1.95. The summed E-state index contributed by atoms with van der Waals surface area (Å²) in [6.07, 6.45) is 3.09. The van der Waals surface area contributed by atoms with Gasteiger partial charge < -0.3 is 5.32 Å². The Labute approximate surface area is 105 Å². The van der Waals surface area contributed by atoms with E-state index in [2.05, 4.69) is 40.0 Å². The summed E-state index contributed by atoms with van der Waals surface area (Å²) in [5.74, 6) is 0. The summed E-state index contributed by atoms with van der Waals surface area (Å²) < 4.78 is 1.59. The summed E-state index contributed by atoms with van der Waals surface area (Å²) in [5.41, 5.74) is 4.12. The molecule has 0 aliphatic carbocycles. The molecule has 0 bridgehead atoms. The highest BCUT2D eigenvalue weighted by Gasteiger charge is 2.05. The Balaban J connectivity index is 1.91. The number of hydrogen-bond donors (Lipinski definition) is 2. The zero-order valence-corrected chi connectivity index (χ0v) is 10.2. The Morgan fingerprint density at radius 1 is 1.24 bits per heavy atom. The molecule has 17 heavy (non-hydrogen) atoms. The number of rotatable bonds is 3. The van der Waals surface area contributed by atoms with Gasteiger partial charge in [0.1, 0.15) is 12.7 Å². The van der Waals surface area contributed by atoms with E-state index in [4.69, 9.17) is 12.2 Å². The van der Waals surface area contributed by atoms with Gasteiger partial charge in [0.05, 0.1) is 6.04 Å².